The van der Waals surface area contributed by atoms with Crippen LogP contribution in [-0.2, 0) is 13.6 Å². The third-order valence-electron chi connectivity index (χ3n) is 2.67. The number of hydrogen-bond acceptors (Lipinski definition) is 5. The van der Waals surface area contributed by atoms with Crippen LogP contribution in [0.3, 0.4) is 0 Å². The molecule has 2 heterocycles. The Morgan fingerprint density at radius 1 is 1.67 bits per heavy atom. The van der Waals surface area contributed by atoms with Crippen LogP contribution in [-0.4, -0.2) is 25.8 Å². The summed E-state index contributed by atoms with van der Waals surface area (Å²) >= 11 is 0. The Morgan fingerprint density at radius 2 is 2.44 bits per heavy atom. The summed E-state index contributed by atoms with van der Waals surface area (Å²) in [6.45, 7) is 2.33. The lowest BCUT2D eigenvalue weighted by molar-refractivity contribution is 0.0660. The molecule has 0 saturated carbocycles. The molecule has 0 amide bonds. The fourth-order valence-corrected chi connectivity index (χ4v) is 1.70. The zero-order chi connectivity index (χ0) is 13.1. The van der Waals surface area contributed by atoms with E-state index in [9.17, 15) is 4.79 Å². The van der Waals surface area contributed by atoms with E-state index >= 15 is 0 Å². The quantitative estimate of drug-likeness (QED) is 0.820. The van der Waals surface area contributed by atoms with E-state index in [1.54, 1.807) is 12.4 Å². The second kappa shape index (κ2) is 5.01. The molecule has 0 aliphatic carbocycles. The lowest BCUT2D eigenvalue weighted by Crippen LogP contribution is -2.21. The van der Waals surface area contributed by atoms with Gasteiger partial charge in [-0.3, -0.25) is 0 Å². The maximum Gasteiger partial charge on any atom is 0.372 e. The van der Waals surface area contributed by atoms with Gasteiger partial charge in [0.25, 0.3) is 0 Å². The average Bonchev–Trinajstić information content (AvgIpc) is 2.94. The minimum absolute atomic E-state index is 0.0333. The molecule has 0 aliphatic heterocycles. The van der Waals surface area contributed by atoms with E-state index in [0.29, 0.717) is 12.1 Å². The number of nitrogens with zero attached hydrogens (tertiary/aromatic N) is 3. The molecule has 2 N–H and O–H groups in total. The summed E-state index contributed by atoms with van der Waals surface area (Å²) < 4.78 is 6.71. The largest absolute Gasteiger partial charge is 0.475 e. The minimum atomic E-state index is -1.07. The first-order valence-electron chi connectivity index (χ1n) is 5.46. The smallest absolute Gasteiger partial charge is 0.372 e. The molecule has 2 aromatic heterocycles. The summed E-state index contributed by atoms with van der Waals surface area (Å²) in [5, 5.41) is 19.9. The fourth-order valence-electron chi connectivity index (χ4n) is 1.70. The highest BCUT2D eigenvalue weighted by molar-refractivity contribution is 5.86. The van der Waals surface area contributed by atoms with Crippen LogP contribution in [0.5, 0.6) is 0 Å². The second-order valence-corrected chi connectivity index (χ2v) is 3.98. The van der Waals surface area contributed by atoms with E-state index in [0.717, 1.165) is 5.82 Å². The number of nitrogens with one attached hydrogen (secondary N) is 1. The van der Waals surface area contributed by atoms with Gasteiger partial charge in [-0.1, -0.05) is 0 Å². The lowest BCUT2D eigenvalue weighted by atomic mass is 10.2. The van der Waals surface area contributed by atoms with E-state index in [1.807, 2.05) is 18.5 Å². The standard InChI is InChI=1S/C11H14N4O3/c1-7(10-14-13-6-15(10)2)12-5-8-3-4-18-9(8)11(16)17/h3-4,6-7,12H,5H2,1-2H3,(H,16,17). The number of carboxylic acid groups (broad SMARTS) is 1. The molecule has 7 nitrogen and oxygen atoms in total. The van der Waals surface area contributed by atoms with Crippen molar-refractivity contribution in [1.29, 1.82) is 0 Å². The molecule has 0 saturated heterocycles. The highest BCUT2D eigenvalue weighted by Crippen LogP contribution is 2.13. The van der Waals surface area contributed by atoms with Crippen molar-refractivity contribution in [2.45, 2.75) is 19.5 Å². The summed E-state index contributed by atoms with van der Waals surface area (Å²) in [7, 11) is 1.86. The van der Waals surface area contributed by atoms with Gasteiger partial charge >= 0.3 is 5.97 Å². The van der Waals surface area contributed by atoms with Gasteiger partial charge in [0.2, 0.25) is 5.76 Å². The molecule has 96 valence electrons. The number of carbonyl (C=O) groups is 1. The Morgan fingerprint density at radius 3 is 3.06 bits per heavy atom. The molecule has 0 radical (unpaired) electrons. The molecular weight excluding hydrogens is 236 g/mol. The van der Waals surface area contributed by atoms with Gasteiger partial charge < -0.3 is 19.4 Å². The number of aromatic nitrogens is 3. The maximum atomic E-state index is 10.9. The van der Waals surface area contributed by atoms with Gasteiger partial charge in [-0.15, -0.1) is 10.2 Å². The molecule has 0 spiro atoms. The number of rotatable bonds is 5. The summed E-state index contributed by atoms with van der Waals surface area (Å²) in [6.07, 6.45) is 2.99. The normalized spacial score (nSPS) is 12.6. The molecule has 7 heteroatoms. The van der Waals surface area contributed by atoms with Gasteiger partial charge in [0, 0.05) is 19.2 Å². The monoisotopic (exact) mass is 250 g/mol. The molecule has 0 bridgehead atoms. The Bertz CT molecular complexity index is 546. The summed E-state index contributed by atoms with van der Waals surface area (Å²) in [5.74, 6) is -0.314. The zero-order valence-electron chi connectivity index (χ0n) is 10.1. The van der Waals surface area contributed by atoms with E-state index in [2.05, 4.69) is 15.5 Å². The predicted octanol–water partition coefficient (Wildman–Crippen LogP) is 0.957. The van der Waals surface area contributed by atoms with E-state index in [1.165, 1.54) is 6.26 Å². The summed E-state index contributed by atoms with van der Waals surface area (Å²) in [6, 6.07) is 1.61. The van der Waals surface area contributed by atoms with Crippen LogP contribution in [0.15, 0.2) is 23.1 Å². The van der Waals surface area contributed by atoms with Gasteiger partial charge in [0.05, 0.1) is 12.3 Å². The van der Waals surface area contributed by atoms with Gasteiger partial charge in [-0.05, 0) is 13.0 Å². The number of aromatic carboxylic acids is 1. The van der Waals surface area contributed by atoms with Crippen LogP contribution in [0, 0.1) is 0 Å². The summed E-state index contributed by atoms with van der Waals surface area (Å²) in [5.41, 5.74) is 0.608. The molecular formula is C11H14N4O3. The molecule has 0 aromatic carbocycles. The summed E-state index contributed by atoms with van der Waals surface area (Å²) in [4.78, 5) is 10.9. The first-order chi connectivity index (χ1) is 8.59. The zero-order valence-corrected chi connectivity index (χ0v) is 10.1. The number of carboxylic acids is 1. The van der Waals surface area contributed by atoms with Crippen LogP contribution < -0.4 is 5.32 Å². The first kappa shape index (κ1) is 12.3. The van der Waals surface area contributed by atoms with Gasteiger partial charge in [0.1, 0.15) is 12.2 Å². The van der Waals surface area contributed by atoms with Crippen molar-refractivity contribution in [3.05, 3.63) is 35.8 Å². The van der Waals surface area contributed by atoms with E-state index < -0.39 is 5.97 Å². The van der Waals surface area contributed by atoms with Crippen molar-refractivity contribution >= 4 is 5.97 Å². The molecule has 18 heavy (non-hydrogen) atoms. The van der Waals surface area contributed by atoms with Crippen molar-refractivity contribution in [2.24, 2.45) is 7.05 Å². The second-order valence-electron chi connectivity index (χ2n) is 3.98. The molecule has 2 aromatic rings. The van der Waals surface area contributed by atoms with Crippen molar-refractivity contribution in [1.82, 2.24) is 20.1 Å². The van der Waals surface area contributed by atoms with E-state index in [-0.39, 0.29) is 11.8 Å². The van der Waals surface area contributed by atoms with Crippen molar-refractivity contribution < 1.29 is 14.3 Å². The third-order valence-corrected chi connectivity index (χ3v) is 2.67. The highest BCUT2D eigenvalue weighted by Gasteiger charge is 2.16. The van der Waals surface area contributed by atoms with Gasteiger partial charge in [-0.2, -0.15) is 0 Å². The first-order valence-corrected chi connectivity index (χ1v) is 5.46. The van der Waals surface area contributed by atoms with Crippen LogP contribution >= 0.6 is 0 Å². The Labute approximate surface area is 103 Å². The van der Waals surface area contributed by atoms with Crippen LogP contribution in [0.4, 0.5) is 0 Å². The van der Waals surface area contributed by atoms with Crippen molar-refractivity contribution in [3.63, 3.8) is 0 Å². The Hall–Kier alpha value is -2.15. The highest BCUT2D eigenvalue weighted by atomic mass is 16.4. The number of aryl methyl sites for hydroxylation is 1. The molecule has 0 fully saturated rings. The SMILES string of the molecule is CC(NCc1ccoc1C(=O)O)c1nncn1C. The molecule has 1 atom stereocenters. The number of hydrogen-bond donors (Lipinski definition) is 2. The predicted molar refractivity (Wildman–Crippen MR) is 61.9 cm³/mol. The number of furan rings is 1. The molecule has 2 rings (SSSR count). The Kier molecular flexibility index (Phi) is 3.42. The van der Waals surface area contributed by atoms with Crippen molar-refractivity contribution in [2.75, 3.05) is 0 Å². The minimum Gasteiger partial charge on any atom is -0.475 e. The maximum absolute atomic E-state index is 10.9. The van der Waals surface area contributed by atoms with Crippen LogP contribution in [0.1, 0.15) is 34.9 Å². The molecule has 0 aliphatic rings. The van der Waals surface area contributed by atoms with Gasteiger partial charge in [0.15, 0.2) is 0 Å². The van der Waals surface area contributed by atoms with Crippen LogP contribution in [0.25, 0.3) is 0 Å². The van der Waals surface area contributed by atoms with Crippen molar-refractivity contribution in [3.8, 4) is 0 Å². The van der Waals surface area contributed by atoms with E-state index in [4.69, 9.17) is 9.52 Å². The molecule has 1 unspecified atom stereocenters. The lowest BCUT2D eigenvalue weighted by Gasteiger charge is -2.12. The van der Waals surface area contributed by atoms with Crippen LogP contribution in [0.2, 0.25) is 0 Å². The fraction of sp³-hybridized carbons (Fsp3) is 0.364. The Balaban J connectivity index is 2.02. The van der Waals surface area contributed by atoms with Gasteiger partial charge in [-0.25, -0.2) is 4.79 Å². The average molecular weight is 250 g/mol. The topological polar surface area (TPSA) is 93.2 Å². The third kappa shape index (κ3) is 2.40.